The first kappa shape index (κ1) is 21.4. The third kappa shape index (κ3) is 4.60. The molecule has 2 atom stereocenters. The molecule has 0 amide bonds. The number of aliphatic carboxylic acids is 1. The molecular formula is C23H23F3N2O3. The molecule has 2 aliphatic heterocycles. The van der Waals surface area contributed by atoms with E-state index in [4.69, 9.17) is 4.74 Å². The second kappa shape index (κ2) is 9.11. The quantitative estimate of drug-likeness (QED) is 0.463. The van der Waals surface area contributed by atoms with Gasteiger partial charge in [0.2, 0.25) is 5.82 Å². The molecule has 0 saturated carbocycles. The van der Waals surface area contributed by atoms with Crippen LogP contribution >= 0.6 is 0 Å². The van der Waals surface area contributed by atoms with Crippen LogP contribution in [0.15, 0.2) is 42.0 Å². The minimum absolute atomic E-state index is 0.0371. The van der Waals surface area contributed by atoms with E-state index in [1.54, 1.807) is 0 Å². The first-order valence-electron chi connectivity index (χ1n) is 10.2. The molecule has 0 unspecified atom stereocenters. The van der Waals surface area contributed by atoms with Crippen LogP contribution in [0, 0.1) is 17.5 Å². The molecule has 4 rings (SSSR count). The van der Waals surface area contributed by atoms with Crippen molar-refractivity contribution in [3.63, 3.8) is 0 Å². The summed E-state index contributed by atoms with van der Waals surface area (Å²) in [6, 6.07) is 9.21. The number of ether oxygens (including phenoxy) is 1. The van der Waals surface area contributed by atoms with Crippen LogP contribution in [0.2, 0.25) is 0 Å². The van der Waals surface area contributed by atoms with Crippen molar-refractivity contribution in [2.45, 2.75) is 31.3 Å². The van der Waals surface area contributed by atoms with E-state index in [1.807, 2.05) is 24.3 Å². The lowest BCUT2D eigenvalue weighted by Crippen LogP contribution is -2.58. The molecule has 2 heterocycles. The number of hydrogen-bond donors (Lipinski definition) is 3. The van der Waals surface area contributed by atoms with Gasteiger partial charge in [0.25, 0.3) is 0 Å². The van der Waals surface area contributed by atoms with Gasteiger partial charge in [-0.1, -0.05) is 24.3 Å². The zero-order chi connectivity index (χ0) is 22.0. The first-order chi connectivity index (χ1) is 14.9. The molecule has 0 spiro atoms. The van der Waals surface area contributed by atoms with Crippen LogP contribution in [0.4, 0.5) is 13.2 Å². The smallest absolute Gasteiger partial charge is 0.333 e. The molecule has 2 aromatic rings. The van der Waals surface area contributed by atoms with Crippen LogP contribution < -0.4 is 15.4 Å². The number of aryl methyl sites for hydroxylation is 1. The number of nitrogens with one attached hydrogen (secondary N) is 2. The maximum Gasteiger partial charge on any atom is 0.333 e. The van der Waals surface area contributed by atoms with Crippen LogP contribution in [0.25, 0.3) is 5.57 Å². The number of benzene rings is 2. The second-order valence-electron chi connectivity index (χ2n) is 7.80. The monoisotopic (exact) mass is 432 g/mol. The number of halogens is 3. The third-order valence-corrected chi connectivity index (χ3v) is 5.69. The molecule has 2 bridgehead atoms. The average molecular weight is 432 g/mol. The number of carboxylic acids is 1. The number of carbonyl (C=O) groups is 1. The fourth-order valence-corrected chi connectivity index (χ4v) is 4.20. The summed E-state index contributed by atoms with van der Waals surface area (Å²) >= 11 is 0. The van der Waals surface area contributed by atoms with E-state index < -0.39 is 29.2 Å². The summed E-state index contributed by atoms with van der Waals surface area (Å²) in [5.41, 5.74) is 3.14. The van der Waals surface area contributed by atoms with Gasteiger partial charge >= 0.3 is 5.97 Å². The predicted octanol–water partition coefficient (Wildman–Crippen LogP) is 3.29. The first-order valence-corrected chi connectivity index (χ1v) is 10.2. The van der Waals surface area contributed by atoms with Crippen molar-refractivity contribution < 1.29 is 27.8 Å². The van der Waals surface area contributed by atoms with Crippen LogP contribution in [0.3, 0.4) is 0 Å². The zero-order valence-electron chi connectivity index (χ0n) is 16.8. The maximum absolute atomic E-state index is 13.6. The Labute approximate surface area is 177 Å². The summed E-state index contributed by atoms with van der Waals surface area (Å²) in [6.45, 7) is 1.43. The highest BCUT2D eigenvalue weighted by molar-refractivity contribution is 5.98. The van der Waals surface area contributed by atoms with Gasteiger partial charge < -0.3 is 20.5 Å². The Bertz CT molecular complexity index is 1010. The topological polar surface area (TPSA) is 70.6 Å². The SMILES string of the molecule is O=C(O)C1=C(c2ccc(CCCOc3c(F)ccc(F)c3F)cc2)C[C@H]2CNC[C@@H]1N2. The molecule has 1 saturated heterocycles. The fourth-order valence-electron chi connectivity index (χ4n) is 4.20. The highest BCUT2D eigenvalue weighted by Crippen LogP contribution is 2.31. The molecule has 5 nitrogen and oxygen atoms in total. The van der Waals surface area contributed by atoms with E-state index in [-0.39, 0.29) is 18.7 Å². The van der Waals surface area contributed by atoms with Crippen LogP contribution in [0.1, 0.15) is 24.0 Å². The summed E-state index contributed by atoms with van der Waals surface area (Å²) in [5.74, 6) is -5.02. The molecule has 0 radical (unpaired) electrons. The van der Waals surface area contributed by atoms with Gasteiger partial charge in [0.15, 0.2) is 17.4 Å². The fraction of sp³-hybridized carbons (Fsp3) is 0.348. The van der Waals surface area contributed by atoms with Gasteiger partial charge in [-0.05, 0) is 48.1 Å². The van der Waals surface area contributed by atoms with Gasteiger partial charge in [-0.25, -0.2) is 13.6 Å². The van der Waals surface area contributed by atoms with E-state index in [9.17, 15) is 23.1 Å². The third-order valence-electron chi connectivity index (χ3n) is 5.69. The second-order valence-corrected chi connectivity index (χ2v) is 7.80. The van der Waals surface area contributed by atoms with Crippen molar-refractivity contribution in [1.82, 2.24) is 10.6 Å². The molecule has 164 valence electrons. The summed E-state index contributed by atoms with van der Waals surface area (Å²) < 4.78 is 45.5. The largest absolute Gasteiger partial charge is 0.488 e. The standard InChI is InChI=1S/C23H23F3N2O3/c24-17-7-8-18(25)22(21(17)26)31-9-1-2-13-3-5-14(6-4-13)16-10-15-11-27-12-19(28-15)20(16)23(29)30/h3-8,15,19,27-28H,1-2,9-12H2,(H,29,30)/t15-,19-/m0/s1. The van der Waals surface area contributed by atoms with Crippen molar-refractivity contribution in [1.29, 1.82) is 0 Å². The highest BCUT2D eigenvalue weighted by Gasteiger charge is 2.35. The normalized spacial score (nSPS) is 20.6. The molecule has 31 heavy (non-hydrogen) atoms. The van der Waals surface area contributed by atoms with Crippen LogP contribution in [-0.2, 0) is 11.2 Å². The Kier molecular flexibility index (Phi) is 6.29. The molecule has 8 heteroatoms. The molecule has 1 fully saturated rings. The Hall–Kier alpha value is -2.84. The Morgan fingerprint density at radius 1 is 1.06 bits per heavy atom. The van der Waals surface area contributed by atoms with Gasteiger partial charge in [-0.2, -0.15) is 4.39 Å². The molecule has 0 aromatic heterocycles. The zero-order valence-corrected chi connectivity index (χ0v) is 16.8. The maximum atomic E-state index is 13.6. The van der Waals surface area contributed by atoms with E-state index in [0.717, 1.165) is 35.4 Å². The van der Waals surface area contributed by atoms with Gasteiger partial charge in [0.1, 0.15) is 0 Å². The van der Waals surface area contributed by atoms with Crippen molar-refractivity contribution in [2.24, 2.45) is 0 Å². The number of carboxylic acid groups (broad SMARTS) is 1. The molecule has 3 N–H and O–H groups in total. The molecular weight excluding hydrogens is 409 g/mol. The number of hydrogen-bond acceptors (Lipinski definition) is 4. The van der Waals surface area contributed by atoms with Crippen LogP contribution in [-0.4, -0.2) is 42.9 Å². The van der Waals surface area contributed by atoms with E-state index in [2.05, 4.69) is 10.6 Å². The summed E-state index contributed by atoms with van der Waals surface area (Å²) in [7, 11) is 0. The summed E-state index contributed by atoms with van der Waals surface area (Å²) in [4.78, 5) is 11.8. The lowest BCUT2D eigenvalue weighted by atomic mass is 9.84. The van der Waals surface area contributed by atoms with Gasteiger partial charge in [0, 0.05) is 19.1 Å². The minimum atomic E-state index is -1.33. The lowest BCUT2D eigenvalue weighted by Gasteiger charge is -2.38. The van der Waals surface area contributed by atoms with Gasteiger partial charge in [0.05, 0.1) is 18.2 Å². The van der Waals surface area contributed by atoms with Gasteiger partial charge in [-0.3, -0.25) is 0 Å². The average Bonchev–Trinajstić information content (AvgIpc) is 2.76. The number of fused-ring (bicyclic) bond motifs is 2. The van der Waals surface area contributed by atoms with E-state index >= 15 is 0 Å². The van der Waals surface area contributed by atoms with E-state index in [0.29, 0.717) is 31.4 Å². The summed E-state index contributed by atoms with van der Waals surface area (Å²) in [6.07, 6.45) is 1.72. The molecule has 0 aliphatic carbocycles. The Morgan fingerprint density at radius 2 is 1.81 bits per heavy atom. The summed E-state index contributed by atoms with van der Waals surface area (Å²) in [5, 5.41) is 16.3. The van der Waals surface area contributed by atoms with E-state index in [1.165, 1.54) is 0 Å². The van der Waals surface area contributed by atoms with Crippen molar-refractivity contribution in [3.05, 3.63) is 70.5 Å². The van der Waals surface area contributed by atoms with Crippen molar-refractivity contribution in [2.75, 3.05) is 19.7 Å². The molecule has 2 aromatic carbocycles. The van der Waals surface area contributed by atoms with Gasteiger partial charge in [-0.15, -0.1) is 0 Å². The van der Waals surface area contributed by atoms with Crippen LogP contribution in [0.5, 0.6) is 5.75 Å². The number of piperazine rings is 1. The molecule has 2 aliphatic rings. The minimum Gasteiger partial charge on any atom is -0.488 e. The van der Waals surface area contributed by atoms with Crippen molar-refractivity contribution >= 4 is 11.5 Å². The highest BCUT2D eigenvalue weighted by atomic mass is 19.2. The Balaban J connectivity index is 1.40. The predicted molar refractivity (Wildman–Crippen MR) is 109 cm³/mol. The lowest BCUT2D eigenvalue weighted by molar-refractivity contribution is -0.133. The number of rotatable bonds is 7. The van der Waals surface area contributed by atoms with Crippen molar-refractivity contribution in [3.8, 4) is 5.75 Å². The Morgan fingerprint density at radius 3 is 2.55 bits per heavy atom.